The van der Waals surface area contributed by atoms with E-state index in [0.717, 1.165) is 22.4 Å². The minimum Gasteiger partial charge on any atom is -0.493 e. The molecule has 0 amide bonds. The van der Waals surface area contributed by atoms with Crippen LogP contribution < -0.4 is 0 Å². The van der Waals surface area contributed by atoms with Gasteiger partial charge in [0.1, 0.15) is 5.69 Å². The zero-order valence-electron chi connectivity index (χ0n) is 12.5. The number of azo groups is 1. The molecular formula is C17H13Cl2N3OS. The van der Waals surface area contributed by atoms with Crippen LogP contribution in [0.2, 0.25) is 10.0 Å². The van der Waals surface area contributed by atoms with Gasteiger partial charge in [-0.05, 0) is 24.3 Å². The van der Waals surface area contributed by atoms with Gasteiger partial charge in [-0.15, -0.1) is 10.2 Å². The van der Waals surface area contributed by atoms with Crippen molar-refractivity contribution >= 4 is 57.2 Å². The van der Waals surface area contributed by atoms with Gasteiger partial charge in [0.15, 0.2) is 5.69 Å². The van der Waals surface area contributed by atoms with Gasteiger partial charge in [-0.3, -0.25) is 0 Å². The maximum atomic E-state index is 10.7. The summed E-state index contributed by atoms with van der Waals surface area (Å²) in [7, 11) is 0. The Morgan fingerprint density at radius 1 is 1.08 bits per heavy atom. The Bertz CT molecular complexity index is 950. The van der Waals surface area contributed by atoms with Gasteiger partial charge in [0.25, 0.3) is 0 Å². The molecule has 0 radical (unpaired) electrons. The number of hydrogen-bond donors (Lipinski definition) is 1. The molecule has 1 aliphatic rings. The third-order valence-electron chi connectivity index (χ3n) is 4.01. The maximum Gasteiger partial charge on any atom is 0.221 e. The van der Waals surface area contributed by atoms with Gasteiger partial charge in [-0.25, -0.2) is 0 Å². The number of halogens is 2. The van der Waals surface area contributed by atoms with Crippen LogP contribution in [0.1, 0.15) is 6.04 Å². The van der Waals surface area contributed by atoms with E-state index in [9.17, 15) is 5.11 Å². The second-order valence-corrected chi connectivity index (χ2v) is 7.46. The average molecular weight is 378 g/mol. The van der Waals surface area contributed by atoms with E-state index in [1.807, 2.05) is 40.6 Å². The number of aromatic hydroxyl groups is 1. The third-order valence-corrected chi connectivity index (χ3v) is 5.79. The molecule has 0 unspecified atom stereocenters. The first-order valence-electron chi connectivity index (χ1n) is 7.41. The van der Waals surface area contributed by atoms with Gasteiger partial charge < -0.3 is 9.67 Å². The predicted molar refractivity (Wildman–Crippen MR) is 101 cm³/mol. The summed E-state index contributed by atoms with van der Waals surface area (Å²) in [6, 6.07) is 13.1. The smallest absolute Gasteiger partial charge is 0.221 e. The summed E-state index contributed by atoms with van der Waals surface area (Å²) in [6.45, 7) is 0. The van der Waals surface area contributed by atoms with E-state index in [-0.39, 0.29) is 5.88 Å². The molecule has 1 saturated heterocycles. The summed E-state index contributed by atoms with van der Waals surface area (Å²) in [5.41, 5.74) is 1.95. The number of thioether (sulfide) groups is 1. The number of para-hydroxylation sites is 1. The molecule has 4 rings (SSSR count). The van der Waals surface area contributed by atoms with Gasteiger partial charge in [-0.2, -0.15) is 11.8 Å². The summed E-state index contributed by atoms with van der Waals surface area (Å²) < 4.78 is 1.95. The molecule has 0 bridgehead atoms. The van der Waals surface area contributed by atoms with Crippen molar-refractivity contribution in [2.24, 2.45) is 10.2 Å². The van der Waals surface area contributed by atoms with E-state index in [2.05, 4.69) is 10.2 Å². The first-order valence-corrected chi connectivity index (χ1v) is 9.32. The van der Waals surface area contributed by atoms with Crippen LogP contribution in [-0.2, 0) is 0 Å². The van der Waals surface area contributed by atoms with Gasteiger partial charge in [0.05, 0.1) is 16.6 Å². The average Bonchev–Trinajstić information content (AvgIpc) is 2.78. The van der Waals surface area contributed by atoms with Crippen molar-refractivity contribution in [3.63, 3.8) is 0 Å². The Labute approximate surface area is 153 Å². The molecule has 0 aliphatic carbocycles. The molecule has 0 saturated carbocycles. The lowest BCUT2D eigenvalue weighted by Gasteiger charge is -2.27. The van der Waals surface area contributed by atoms with Crippen LogP contribution in [0.15, 0.2) is 52.7 Å². The van der Waals surface area contributed by atoms with Crippen molar-refractivity contribution < 1.29 is 5.11 Å². The third kappa shape index (κ3) is 2.66. The molecule has 0 spiro atoms. The van der Waals surface area contributed by atoms with Crippen LogP contribution in [0.25, 0.3) is 10.9 Å². The highest BCUT2D eigenvalue weighted by atomic mass is 35.5. The highest BCUT2D eigenvalue weighted by molar-refractivity contribution is 8.00. The SMILES string of the molecule is Oc1c(N=Nc2ccc(Cl)cc2Cl)c2ccccc2n1C1CSC1. The number of aromatic nitrogens is 1. The van der Waals surface area contributed by atoms with Crippen molar-refractivity contribution in [2.45, 2.75) is 6.04 Å². The quantitative estimate of drug-likeness (QED) is 0.540. The standard InChI is InChI=1S/C17H13Cl2N3OS/c18-10-5-6-14(13(19)7-10)20-21-16-12-3-1-2-4-15(12)22(17(16)23)11-8-24-9-11/h1-7,11,23H,8-9H2. The van der Waals surface area contributed by atoms with Crippen LogP contribution in [-0.4, -0.2) is 21.2 Å². The molecule has 4 nitrogen and oxygen atoms in total. The minimum atomic E-state index is 0.148. The Balaban J connectivity index is 1.81. The lowest BCUT2D eigenvalue weighted by atomic mass is 10.2. The van der Waals surface area contributed by atoms with Crippen molar-refractivity contribution in [3.8, 4) is 5.88 Å². The molecule has 24 heavy (non-hydrogen) atoms. The Morgan fingerprint density at radius 2 is 1.88 bits per heavy atom. The van der Waals surface area contributed by atoms with Crippen LogP contribution in [0.3, 0.4) is 0 Å². The van der Waals surface area contributed by atoms with Crippen LogP contribution in [0, 0.1) is 0 Å². The van der Waals surface area contributed by atoms with Crippen LogP contribution in [0.5, 0.6) is 5.88 Å². The summed E-state index contributed by atoms with van der Waals surface area (Å²) in [4.78, 5) is 0. The molecule has 1 fully saturated rings. The fourth-order valence-electron chi connectivity index (χ4n) is 2.74. The van der Waals surface area contributed by atoms with Gasteiger partial charge in [0.2, 0.25) is 5.88 Å². The molecule has 1 aliphatic heterocycles. The van der Waals surface area contributed by atoms with Crippen molar-refractivity contribution in [2.75, 3.05) is 11.5 Å². The highest BCUT2D eigenvalue weighted by Gasteiger charge is 2.27. The van der Waals surface area contributed by atoms with Crippen LogP contribution in [0.4, 0.5) is 11.4 Å². The molecule has 3 aromatic rings. The first kappa shape index (κ1) is 15.8. The topological polar surface area (TPSA) is 49.9 Å². The summed E-state index contributed by atoms with van der Waals surface area (Å²) in [6.07, 6.45) is 0. The summed E-state index contributed by atoms with van der Waals surface area (Å²) in [5.74, 6) is 2.13. The molecule has 1 N–H and O–H groups in total. The number of nitrogens with zero attached hydrogens (tertiary/aromatic N) is 3. The molecule has 122 valence electrons. The molecule has 0 atom stereocenters. The van der Waals surface area contributed by atoms with E-state index < -0.39 is 0 Å². The second-order valence-electron chi connectivity index (χ2n) is 5.55. The lowest BCUT2D eigenvalue weighted by molar-refractivity contribution is 0.406. The number of benzene rings is 2. The van der Waals surface area contributed by atoms with E-state index in [4.69, 9.17) is 23.2 Å². The van der Waals surface area contributed by atoms with Gasteiger partial charge in [0, 0.05) is 21.9 Å². The monoisotopic (exact) mass is 377 g/mol. The van der Waals surface area contributed by atoms with Crippen molar-refractivity contribution in [3.05, 3.63) is 52.5 Å². The molecule has 7 heteroatoms. The van der Waals surface area contributed by atoms with E-state index in [0.29, 0.717) is 27.5 Å². The van der Waals surface area contributed by atoms with Crippen molar-refractivity contribution in [1.29, 1.82) is 0 Å². The number of fused-ring (bicyclic) bond motifs is 1. The highest BCUT2D eigenvalue weighted by Crippen LogP contribution is 2.45. The maximum absolute atomic E-state index is 10.7. The molecule has 2 heterocycles. The van der Waals surface area contributed by atoms with E-state index in [1.165, 1.54) is 0 Å². The van der Waals surface area contributed by atoms with E-state index >= 15 is 0 Å². The van der Waals surface area contributed by atoms with Gasteiger partial charge >= 0.3 is 0 Å². The van der Waals surface area contributed by atoms with Crippen molar-refractivity contribution in [1.82, 2.24) is 4.57 Å². The predicted octanol–water partition coefficient (Wildman–Crippen LogP) is 6.36. The Hall–Kier alpha value is -1.69. The summed E-state index contributed by atoms with van der Waals surface area (Å²) in [5, 5.41) is 21.0. The Kier molecular flexibility index (Phi) is 4.16. The minimum absolute atomic E-state index is 0.148. The van der Waals surface area contributed by atoms with Gasteiger partial charge in [-0.1, -0.05) is 41.4 Å². The second kappa shape index (κ2) is 6.31. The van der Waals surface area contributed by atoms with E-state index in [1.54, 1.807) is 18.2 Å². The zero-order valence-corrected chi connectivity index (χ0v) is 14.8. The molecular weight excluding hydrogens is 365 g/mol. The lowest BCUT2D eigenvalue weighted by Crippen LogP contribution is -2.22. The molecule has 1 aromatic heterocycles. The Morgan fingerprint density at radius 3 is 2.58 bits per heavy atom. The zero-order chi connectivity index (χ0) is 16.7. The first-order chi connectivity index (χ1) is 11.6. The molecule has 2 aromatic carbocycles. The fourth-order valence-corrected chi connectivity index (χ4v) is 3.93. The normalized spacial score (nSPS) is 15.2. The summed E-state index contributed by atoms with van der Waals surface area (Å²) >= 11 is 13.9. The number of hydrogen-bond acceptors (Lipinski definition) is 4. The largest absolute Gasteiger partial charge is 0.493 e. The van der Waals surface area contributed by atoms with Crippen LogP contribution >= 0.6 is 35.0 Å². The fraction of sp³-hybridized carbons (Fsp3) is 0.176. The number of rotatable bonds is 3.